The molecule has 6 heteroatoms. The lowest BCUT2D eigenvalue weighted by Crippen LogP contribution is -2.21. The van der Waals surface area contributed by atoms with Crippen molar-refractivity contribution in [2.75, 3.05) is 17.2 Å². The van der Waals surface area contributed by atoms with Crippen LogP contribution in [0.2, 0.25) is 0 Å². The van der Waals surface area contributed by atoms with Crippen molar-refractivity contribution in [2.45, 2.75) is 66.2 Å². The molecule has 0 amide bonds. The molecule has 1 aliphatic rings. The Bertz CT molecular complexity index is 895. The molecular weight excluding hydrogens is 400 g/mol. The Morgan fingerprint density at radius 2 is 1.72 bits per heavy atom. The van der Waals surface area contributed by atoms with Gasteiger partial charge in [-0.3, -0.25) is 0 Å². The zero-order valence-corrected chi connectivity index (χ0v) is 19.4. The number of benzene rings is 1. The summed E-state index contributed by atoms with van der Waals surface area (Å²) < 4.78 is 5.38. The van der Waals surface area contributed by atoms with Gasteiger partial charge in [0.1, 0.15) is 5.00 Å². The highest BCUT2D eigenvalue weighted by Gasteiger charge is 2.25. The van der Waals surface area contributed by atoms with Crippen molar-refractivity contribution < 1.29 is 9.53 Å². The number of carbonyl (C=O) groups excluding carboxylic acids is 1. The number of nitrogens with one attached hydrogen (secondary N) is 2. The van der Waals surface area contributed by atoms with Gasteiger partial charge in [-0.25, -0.2) is 4.79 Å². The predicted octanol–water partition coefficient (Wildman–Crippen LogP) is 6.32. The zero-order valence-electron chi connectivity index (χ0n) is 17.7. The number of esters is 1. The van der Waals surface area contributed by atoms with Gasteiger partial charge in [-0.05, 0) is 82.3 Å². The number of anilines is 2. The third kappa shape index (κ3) is 5.17. The van der Waals surface area contributed by atoms with Crippen LogP contribution in [-0.2, 0) is 17.6 Å². The first-order chi connectivity index (χ1) is 13.9. The highest BCUT2D eigenvalue weighted by Crippen LogP contribution is 2.37. The van der Waals surface area contributed by atoms with Gasteiger partial charge in [0.2, 0.25) is 0 Å². The van der Waals surface area contributed by atoms with E-state index in [2.05, 4.69) is 43.5 Å². The molecule has 1 aromatic heterocycles. The molecule has 1 aromatic carbocycles. The molecule has 0 saturated carbocycles. The van der Waals surface area contributed by atoms with Crippen LogP contribution in [0.1, 0.15) is 70.1 Å². The smallest absolute Gasteiger partial charge is 0.341 e. The van der Waals surface area contributed by atoms with E-state index in [1.165, 1.54) is 29.7 Å². The van der Waals surface area contributed by atoms with Crippen LogP contribution in [0.3, 0.4) is 0 Å². The van der Waals surface area contributed by atoms with Crippen molar-refractivity contribution >= 4 is 45.3 Å². The third-order valence-electron chi connectivity index (χ3n) is 5.29. The number of carbonyl (C=O) groups is 1. The summed E-state index contributed by atoms with van der Waals surface area (Å²) in [5.74, 6) is -0.251. The quantitative estimate of drug-likeness (QED) is 0.439. The lowest BCUT2D eigenvalue weighted by Gasteiger charge is -2.16. The normalized spacial score (nSPS) is 13.8. The largest absolute Gasteiger partial charge is 0.462 e. The molecule has 4 nitrogen and oxygen atoms in total. The maximum Gasteiger partial charge on any atom is 0.341 e. The van der Waals surface area contributed by atoms with Gasteiger partial charge in [0.05, 0.1) is 12.2 Å². The zero-order chi connectivity index (χ0) is 21.0. The molecule has 0 spiro atoms. The van der Waals surface area contributed by atoms with Gasteiger partial charge in [-0.15, -0.1) is 11.3 Å². The molecule has 0 unspecified atom stereocenters. The summed E-state index contributed by atoms with van der Waals surface area (Å²) in [6.07, 6.45) is 6.69. The molecule has 156 valence electrons. The van der Waals surface area contributed by atoms with Crippen LogP contribution in [0.4, 0.5) is 10.7 Å². The molecule has 0 aliphatic heterocycles. The van der Waals surface area contributed by atoms with Crippen LogP contribution in [0, 0.1) is 20.8 Å². The van der Waals surface area contributed by atoms with Crippen molar-refractivity contribution in [3.8, 4) is 0 Å². The number of thiophene rings is 1. The van der Waals surface area contributed by atoms with Crippen molar-refractivity contribution in [1.82, 2.24) is 0 Å². The summed E-state index contributed by atoms with van der Waals surface area (Å²) >= 11 is 7.26. The van der Waals surface area contributed by atoms with Crippen LogP contribution >= 0.6 is 23.6 Å². The maximum absolute atomic E-state index is 12.8. The summed E-state index contributed by atoms with van der Waals surface area (Å²) in [7, 11) is 0. The summed E-state index contributed by atoms with van der Waals surface area (Å²) in [4.78, 5) is 14.1. The number of fused-ring (bicyclic) bond motifs is 1. The standard InChI is InChI=1S/C23H30N2O2S2/c1-5-27-22(26)19-17-10-8-6-7-9-11-18(17)29-21(19)25-23(28)24-20-15(3)12-14(2)13-16(20)4/h12-13H,5-11H2,1-4H3,(H2,24,25,28). The van der Waals surface area contributed by atoms with E-state index in [-0.39, 0.29) is 5.97 Å². The fourth-order valence-corrected chi connectivity index (χ4v) is 5.60. The van der Waals surface area contributed by atoms with E-state index in [0.717, 1.165) is 46.6 Å². The highest BCUT2D eigenvalue weighted by molar-refractivity contribution is 7.80. The number of rotatable bonds is 4. The number of ether oxygens (including phenoxy) is 1. The van der Waals surface area contributed by atoms with Crippen molar-refractivity contribution in [1.29, 1.82) is 0 Å². The first-order valence-corrected chi connectivity index (χ1v) is 11.6. The van der Waals surface area contributed by atoms with Crippen molar-refractivity contribution in [2.24, 2.45) is 0 Å². The van der Waals surface area contributed by atoms with Crippen molar-refractivity contribution in [3.63, 3.8) is 0 Å². The lowest BCUT2D eigenvalue weighted by atomic mass is 9.96. The van der Waals surface area contributed by atoms with Gasteiger partial charge in [-0.1, -0.05) is 30.5 Å². The van der Waals surface area contributed by atoms with E-state index in [1.807, 2.05) is 6.92 Å². The Labute approximate surface area is 183 Å². The number of aryl methyl sites for hydroxylation is 4. The van der Waals surface area contributed by atoms with Crippen LogP contribution in [0.5, 0.6) is 0 Å². The molecule has 0 fully saturated rings. The molecular formula is C23H30N2O2S2. The van der Waals surface area contributed by atoms with Gasteiger partial charge in [0.15, 0.2) is 5.11 Å². The third-order valence-corrected chi connectivity index (χ3v) is 6.70. The lowest BCUT2D eigenvalue weighted by molar-refractivity contribution is 0.0526. The molecule has 0 saturated heterocycles. The second-order valence-electron chi connectivity index (χ2n) is 7.70. The Hall–Kier alpha value is -1.92. The van der Waals surface area contributed by atoms with E-state index in [0.29, 0.717) is 17.3 Å². The highest BCUT2D eigenvalue weighted by atomic mass is 32.1. The Balaban J connectivity index is 1.88. The van der Waals surface area contributed by atoms with Gasteiger partial charge in [0.25, 0.3) is 0 Å². The monoisotopic (exact) mass is 430 g/mol. The number of hydrogen-bond acceptors (Lipinski definition) is 4. The minimum atomic E-state index is -0.251. The molecule has 2 aromatic rings. The topological polar surface area (TPSA) is 50.4 Å². The van der Waals surface area contributed by atoms with E-state index in [4.69, 9.17) is 17.0 Å². The maximum atomic E-state index is 12.8. The van der Waals surface area contributed by atoms with Gasteiger partial charge in [-0.2, -0.15) is 0 Å². The summed E-state index contributed by atoms with van der Waals surface area (Å²) in [6.45, 7) is 8.45. The number of hydrogen-bond donors (Lipinski definition) is 2. The van der Waals surface area contributed by atoms with Crippen LogP contribution < -0.4 is 10.6 Å². The Morgan fingerprint density at radius 3 is 2.38 bits per heavy atom. The van der Waals surface area contributed by atoms with Gasteiger partial charge < -0.3 is 15.4 Å². The van der Waals surface area contributed by atoms with Crippen LogP contribution in [0.15, 0.2) is 12.1 Å². The predicted molar refractivity (Wildman–Crippen MR) is 127 cm³/mol. The minimum absolute atomic E-state index is 0.251. The summed E-state index contributed by atoms with van der Waals surface area (Å²) in [5.41, 5.74) is 6.37. The molecule has 0 radical (unpaired) electrons. The average Bonchev–Trinajstić information content (AvgIpc) is 2.94. The molecule has 0 atom stereocenters. The molecule has 29 heavy (non-hydrogen) atoms. The Morgan fingerprint density at radius 1 is 1.07 bits per heavy atom. The molecule has 0 bridgehead atoms. The molecule has 1 heterocycles. The first kappa shape index (κ1) is 21.8. The molecule has 3 rings (SSSR count). The summed E-state index contributed by atoms with van der Waals surface area (Å²) in [6, 6.07) is 4.28. The SMILES string of the molecule is CCOC(=O)c1c(NC(=S)Nc2c(C)cc(C)cc2C)sc2c1CCCCCC2. The van der Waals surface area contributed by atoms with Crippen molar-refractivity contribution in [3.05, 3.63) is 44.8 Å². The van der Waals surface area contributed by atoms with Gasteiger partial charge in [0, 0.05) is 10.6 Å². The second kappa shape index (κ2) is 9.72. The number of thiocarbonyl (C=S) groups is 1. The molecule has 1 aliphatic carbocycles. The Kier molecular flexibility index (Phi) is 7.30. The van der Waals surface area contributed by atoms with Gasteiger partial charge >= 0.3 is 5.97 Å². The summed E-state index contributed by atoms with van der Waals surface area (Å²) in [5, 5.41) is 7.94. The van der Waals surface area contributed by atoms with E-state index in [1.54, 1.807) is 11.3 Å². The van der Waals surface area contributed by atoms with Crippen LogP contribution in [-0.4, -0.2) is 17.7 Å². The van der Waals surface area contributed by atoms with E-state index >= 15 is 0 Å². The average molecular weight is 431 g/mol. The van der Waals surface area contributed by atoms with Crippen LogP contribution in [0.25, 0.3) is 0 Å². The second-order valence-corrected chi connectivity index (χ2v) is 9.21. The fraction of sp³-hybridized carbons (Fsp3) is 0.478. The first-order valence-electron chi connectivity index (χ1n) is 10.4. The van der Waals surface area contributed by atoms with E-state index in [9.17, 15) is 4.79 Å². The fourth-order valence-electron chi connectivity index (χ4n) is 4.05. The van der Waals surface area contributed by atoms with E-state index < -0.39 is 0 Å². The molecule has 2 N–H and O–H groups in total. The minimum Gasteiger partial charge on any atom is -0.462 e.